The minimum absolute atomic E-state index is 0.0308. The predicted octanol–water partition coefficient (Wildman–Crippen LogP) is 3.77. The zero-order valence-electron chi connectivity index (χ0n) is 16.3. The van der Waals surface area contributed by atoms with Crippen molar-refractivity contribution in [1.82, 2.24) is 15.2 Å². The number of benzene rings is 1. The molecule has 2 amide bonds. The lowest BCUT2D eigenvalue weighted by Crippen LogP contribution is -2.42. The molecule has 2 aromatic heterocycles. The lowest BCUT2D eigenvalue weighted by Gasteiger charge is -2.31. The van der Waals surface area contributed by atoms with E-state index in [1.54, 1.807) is 17.6 Å². The number of thiazole rings is 1. The lowest BCUT2D eigenvalue weighted by molar-refractivity contribution is -0.135. The first-order valence-corrected chi connectivity index (χ1v) is 10.9. The Hall–Kier alpha value is -2.67. The van der Waals surface area contributed by atoms with Crippen molar-refractivity contribution in [2.24, 2.45) is 5.92 Å². The molecule has 1 aliphatic heterocycles. The van der Waals surface area contributed by atoms with Crippen LogP contribution in [0.2, 0.25) is 0 Å². The largest absolute Gasteiger partial charge is 0.467 e. The van der Waals surface area contributed by atoms with E-state index in [1.165, 1.54) is 4.70 Å². The first kappa shape index (κ1) is 19.6. The molecule has 6 nitrogen and oxygen atoms in total. The fourth-order valence-corrected chi connectivity index (χ4v) is 4.71. The van der Waals surface area contributed by atoms with Gasteiger partial charge in [-0.2, -0.15) is 0 Å². The summed E-state index contributed by atoms with van der Waals surface area (Å²) in [7, 11) is 0. The third kappa shape index (κ3) is 5.03. The summed E-state index contributed by atoms with van der Waals surface area (Å²) in [5.74, 6) is 0.945. The van der Waals surface area contributed by atoms with E-state index in [0.717, 1.165) is 29.1 Å². The van der Waals surface area contributed by atoms with E-state index in [2.05, 4.69) is 16.4 Å². The molecule has 0 saturated carbocycles. The Morgan fingerprint density at radius 1 is 1.17 bits per heavy atom. The van der Waals surface area contributed by atoms with Gasteiger partial charge in [-0.25, -0.2) is 4.98 Å². The van der Waals surface area contributed by atoms with Gasteiger partial charge in [0.15, 0.2) is 0 Å². The number of amides is 2. The molecular weight excluding hydrogens is 386 g/mol. The minimum Gasteiger partial charge on any atom is -0.467 e. The topological polar surface area (TPSA) is 75.4 Å². The summed E-state index contributed by atoms with van der Waals surface area (Å²) < 4.78 is 6.43. The van der Waals surface area contributed by atoms with E-state index < -0.39 is 0 Å². The predicted molar refractivity (Wildman–Crippen MR) is 112 cm³/mol. The molecule has 3 aromatic rings. The first-order chi connectivity index (χ1) is 14.2. The second-order valence-corrected chi connectivity index (χ2v) is 8.50. The number of nitrogens with one attached hydrogen (secondary N) is 1. The van der Waals surface area contributed by atoms with Gasteiger partial charge in [0.1, 0.15) is 5.76 Å². The Morgan fingerprint density at radius 2 is 2.00 bits per heavy atom. The number of carbonyl (C=O) groups is 2. The van der Waals surface area contributed by atoms with E-state index in [1.807, 2.05) is 35.2 Å². The Balaban J connectivity index is 1.17. The van der Waals surface area contributed by atoms with Gasteiger partial charge in [-0.1, -0.05) is 12.1 Å². The molecule has 1 saturated heterocycles. The van der Waals surface area contributed by atoms with E-state index in [-0.39, 0.29) is 17.7 Å². The van der Waals surface area contributed by atoms with Crippen molar-refractivity contribution in [3.05, 3.63) is 53.4 Å². The summed E-state index contributed by atoms with van der Waals surface area (Å²) in [6.45, 7) is 1.72. The van der Waals surface area contributed by atoms with Crippen LogP contribution in [0, 0.1) is 5.92 Å². The molecule has 1 aliphatic rings. The number of hydrogen-bond donors (Lipinski definition) is 1. The van der Waals surface area contributed by atoms with Crippen LogP contribution in [0.4, 0.5) is 0 Å². The first-order valence-electron chi connectivity index (χ1n) is 10.1. The van der Waals surface area contributed by atoms with Gasteiger partial charge in [0, 0.05) is 25.4 Å². The summed E-state index contributed by atoms with van der Waals surface area (Å²) >= 11 is 1.70. The number of carbonyl (C=O) groups excluding carboxylic acids is 2. The van der Waals surface area contributed by atoms with Gasteiger partial charge in [0.25, 0.3) is 0 Å². The quantitative estimate of drug-likeness (QED) is 0.642. The molecule has 3 heterocycles. The summed E-state index contributed by atoms with van der Waals surface area (Å²) in [6, 6.07) is 11.8. The van der Waals surface area contributed by atoms with Gasteiger partial charge in [-0.3, -0.25) is 9.59 Å². The van der Waals surface area contributed by atoms with Crippen LogP contribution in [0.5, 0.6) is 0 Å². The van der Waals surface area contributed by atoms with Crippen molar-refractivity contribution in [2.75, 3.05) is 13.1 Å². The monoisotopic (exact) mass is 411 g/mol. The highest BCUT2D eigenvalue weighted by Crippen LogP contribution is 2.23. The molecule has 0 unspecified atom stereocenters. The molecule has 29 heavy (non-hydrogen) atoms. The summed E-state index contributed by atoms with van der Waals surface area (Å²) in [5, 5.41) is 4.01. The van der Waals surface area contributed by atoms with Crippen LogP contribution in [-0.2, 0) is 22.6 Å². The molecule has 4 rings (SSSR count). The molecule has 1 fully saturated rings. The number of furan rings is 1. The van der Waals surface area contributed by atoms with Crippen molar-refractivity contribution in [3.63, 3.8) is 0 Å². The number of aromatic nitrogens is 1. The van der Waals surface area contributed by atoms with E-state index >= 15 is 0 Å². The van der Waals surface area contributed by atoms with Crippen LogP contribution in [0.1, 0.15) is 36.5 Å². The van der Waals surface area contributed by atoms with Crippen molar-refractivity contribution in [1.29, 1.82) is 0 Å². The maximum absolute atomic E-state index is 12.5. The number of aryl methyl sites for hydroxylation is 1. The summed E-state index contributed by atoms with van der Waals surface area (Å²) in [5.41, 5.74) is 1.03. The van der Waals surface area contributed by atoms with Gasteiger partial charge in [0.2, 0.25) is 11.8 Å². The number of likely N-dealkylation sites (tertiary alicyclic amines) is 1. The lowest BCUT2D eigenvalue weighted by atomic mass is 9.95. The molecule has 152 valence electrons. The number of fused-ring (bicyclic) bond motifs is 1. The van der Waals surface area contributed by atoms with Gasteiger partial charge >= 0.3 is 0 Å². The standard InChI is InChI=1S/C22H25N3O3S/c26-21(9-3-8-20-24-18-6-1-2-7-19(18)29-20)25-12-10-16(11-13-25)22(27)23-15-17-5-4-14-28-17/h1-2,4-7,14,16H,3,8-13,15H2,(H,23,27). The van der Waals surface area contributed by atoms with Gasteiger partial charge in [-0.15, -0.1) is 11.3 Å². The fourth-order valence-electron chi connectivity index (χ4n) is 3.70. The van der Waals surface area contributed by atoms with Crippen molar-refractivity contribution < 1.29 is 14.0 Å². The van der Waals surface area contributed by atoms with Crippen molar-refractivity contribution in [3.8, 4) is 0 Å². The van der Waals surface area contributed by atoms with Gasteiger partial charge in [0.05, 0.1) is 28.0 Å². The summed E-state index contributed by atoms with van der Waals surface area (Å²) in [4.78, 5) is 31.4. The normalized spacial score (nSPS) is 15.0. The van der Waals surface area contributed by atoms with Crippen LogP contribution in [-0.4, -0.2) is 34.8 Å². The Kier molecular flexibility index (Phi) is 6.24. The molecule has 0 spiro atoms. The molecule has 1 N–H and O–H groups in total. The molecule has 7 heteroatoms. The SMILES string of the molecule is O=C(NCc1ccco1)C1CCN(C(=O)CCCc2nc3ccccc3s2)CC1. The average molecular weight is 412 g/mol. The number of para-hydroxylation sites is 1. The number of hydrogen-bond acceptors (Lipinski definition) is 5. The highest BCUT2D eigenvalue weighted by atomic mass is 32.1. The number of piperidine rings is 1. The smallest absolute Gasteiger partial charge is 0.223 e. The highest BCUT2D eigenvalue weighted by Gasteiger charge is 2.27. The zero-order valence-corrected chi connectivity index (χ0v) is 17.1. The van der Waals surface area contributed by atoms with Crippen LogP contribution in [0.15, 0.2) is 47.1 Å². The third-order valence-electron chi connectivity index (χ3n) is 5.35. The van der Waals surface area contributed by atoms with Crippen molar-refractivity contribution >= 4 is 33.4 Å². The molecular formula is C22H25N3O3S. The summed E-state index contributed by atoms with van der Waals surface area (Å²) in [6.07, 6.45) is 5.20. The zero-order chi connectivity index (χ0) is 20.1. The molecule has 0 aliphatic carbocycles. The highest BCUT2D eigenvalue weighted by molar-refractivity contribution is 7.18. The molecule has 0 radical (unpaired) electrons. The second-order valence-electron chi connectivity index (χ2n) is 7.38. The Bertz CT molecular complexity index is 926. The van der Waals surface area contributed by atoms with E-state index in [4.69, 9.17) is 4.42 Å². The molecule has 0 bridgehead atoms. The maximum Gasteiger partial charge on any atom is 0.223 e. The Morgan fingerprint density at radius 3 is 2.76 bits per heavy atom. The number of rotatable bonds is 7. The van der Waals surface area contributed by atoms with Crippen LogP contribution < -0.4 is 5.32 Å². The average Bonchev–Trinajstić information content (AvgIpc) is 3.41. The third-order valence-corrected chi connectivity index (χ3v) is 6.45. The minimum atomic E-state index is -0.0308. The second kappa shape index (κ2) is 9.22. The van der Waals surface area contributed by atoms with Crippen LogP contribution >= 0.6 is 11.3 Å². The van der Waals surface area contributed by atoms with Crippen LogP contribution in [0.25, 0.3) is 10.2 Å². The van der Waals surface area contributed by atoms with E-state index in [9.17, 15) is 9.59 Å². The fraction of sp³-hybridized carbons (Fsp3) is 0.409. The van der Waals surface area contributed by atoms with Crippen molar-refractivity contribution in [2.45, 2.75) is 38.6 Å². The number of nitrogens with zero attached hydrogens (tertiary/aromatic N) is 2. The maximum atomic E-state index is 12.5. The molecule has 1 aromatic carbocycles. The Labute approximate surface area is 173 Å². The van der Waals surface area contributed by atoms with E-state index in [0.29, 0.717) is 38.9 Å². The van der Waals surface area contributed by atoms with Gasteiger partial charge < -0.3 is 14.6 Å². The molecule has 0 atom stereocenters. The van der Waals surface area contributed by atoms with Gasteiger partial charge in [-0.05, 0) is 49.9 Å². The van der Waals surface area contributed by atoms with Crippen LogP contribution in [0.3, 0.4) is 0 Å².